The largest absolute Gasteiger partial charge is 0.462 e. The molecule has 9 nitrogen and oxygen atoms in total. The number of hydrogen-bond acceptors (Lipinski definition) is 7. The lowest BCUT2D eigenvalue weighted by Crippen LogP contribution is -2.44. The molecule has 0 aromatic heterocycles. The molecule has 0 spiro atoms. The molecule has 3 aromatic rings. The summed E-state index contributed by atoms with van der Waals surface area (Å²) in [6.45, 7) is 5.98. The van der Waals surface area contributed by atoms with Gasteiger partial charge in [0.05, 0.1) is 43.9 Å². The van der Waals surface area contributed by atoms with Crippen molar-refractivity contribution < 1.29 is 23.9 Å². The van der Waals surface area contributed by atoms with E-state index >= 15 is 0 Å². The highest BCUT2D eigenvalue weighted by molar-refractivity contribution is 6.05. The Kier molecular flexibility index (Phi) is 7.71. The molecule has 1 saturated heterocycles. The van der Waals surface area contributed by atoms with Crippen molar-refractivity contribution in [2.75, 3.05) is 61.5 Å². The molecule has 2 unspecified atom stereocenters. The van der Waals surface area contributed by atoms with Crippen LogP contribution in [-0.4, -0.2) is 68.7 Å². The molecule has 3 aliphatic heterocycles. The van der Waals surface area contributed by atoms with E-state index in [0.29, 0.717) is 37.6 Å². The number of ether oxygens (including phenoxy) is 2. The number of nitrogens with one attached hydrogen (secondary N) is 2. The minimum Gasteiger partial charge on any atom is -0.462 e. The van der Waals surface area contributed by atoms with Crippen molar-refractivity contribution in [2.24, 2.45) is 0 Å². The molecule has 9 heteroatoms. The van der Waals surface area contributed by atoms with E-state index in [4.69, 9.17) is 9.47 Å². The number of fused-ring (bicyclic) bond motifs is 2. The highest BCUT2D eigenvalue weighted by Gasteiger charge is 2.38. The second kappa shape index (κ2) is 11.7. The van der Waals surface area contributed by atoms with Gasteiger partial charge in [0.15, 0.2) is 0 Å². The van der Waals surface area contributed by atoms with Gasteiger partial charge in [-0.25, -0.2) is 4.79 Å². The van der Waals surface area contributed by atoms with Crippen molar-refractivity contribution >= 4 is 34.8 Å². The Labute approximate surface area is 239 Å². The van der Waals surface area contributed by atoms with Gasteiger partial charge in [-0.3, -0.25) is 14.5 Å². The lowest BCUT2D eigenvalue weighted by molar-refractivity contribution is -0.120. The molecule has 2 atom stereocenters. The van der Waals surface area contributed by atoms with Gasteiger partial charge in [-0.1, -0.05) is 36.4 Å². The number of hydrogen-bond donors (Lipinski definition) is 2. The zero-order valence-corrected chi connectivity index (χ0v) is 23.1. The predicted octanol–water partition coefficient (Wildman–Crippen LogP) is 3.97. The van der Waals surface area contributed by atoms with Crippen molar-refractivity contribution in [1.29, 1.82) is 0 Å². The molecule has 3 aromatic carbocycles. The van der Waals surface area contributed by atoms with Gasteiger partial charge in [0.25, 0.3) is 0 Å². The van der Waals surface area contributed by atoms with E-state index in [1.807, 2.05) is 53.4 Å². The number of carbonyl (C=O) groups excluding carboxylic acids is 3. The first-order valence-electron chi connectivity index (χ1n) is 14.2. The number of amides is 2. The van der Waals surface area contributed by atoms with Gasteiger partial charge >= 0.3 is 5.97 Å². The number of benzene rings is 3. The lowest BCUT2D eigenvalue weighted by Gasteiger charge is -2.28. The maximum absolute atomic E-state index is 13.4. The maximum Gasteiger partial charge on any atom is 0.338 e. The number of anilines is 3. The fourth-order valence-corrected chi connectivity index (χ4v) is 5.95. The Balaban J connectivity index is 1.25. The Morgan fingerprint density at radius 2 is 1.85 bits per heavy atom. The van der Waals surface area contributed by atoms with Crippen LogP contribution in [0.5, 0.6) is 0 Å². The topological polar surface area (TPSA) is 100 Å². The third kappa shape index (κ3) is 5.55. The average Bonchev–Trinajstić information content (AvgIpc) is 3.56. The van der Waals surface area contributed by atoms with Gasteiger partial charge in [-0.15, -0.1) is 0 Å². The second-order valence-electron chi connectivity index (χ2n) is 10.5. The van der Waals surface area contributed by atoms with Crippen molar-refractivity contribution in [2.45, 2.75) is 25.3 Å². The van der Waals surface area contributed by atoms with E-state index in [-0.39, 0.29) is 24.5 Å². The summed E-state index contributed by atoms with van der Waals surface area (Å²) in [7, 11) is 0. The first-order valence-corrected chi connectivity index (χ1v) is 14.2. The Bertz CT molecular complexity index is 1450. The van der Waals surface area contributed by atoms with Crippen LogP contribution in [-0.2, 0) is 25.5 Å². The normalized spacial score (nSPS) is 18.8. The highest BCUT2D eigenvalue weighted by Crippen LogP contribution is 2.43. The van der Waals surface area contributed by atoms with Gasteiger partial charge in [0.2, 0.25) is 11.8 Å². The smallest absolute Gasteiger partial charge is 0.338 e. The number of nitrogens with zero attached hydrogens (tertiary/aromatic N) is 2. The van der Waals surface area contributed by atoms with Gasteiger partial charge in [-0.05, 0) is 60.4 Å². The van der Waals surface area contributed by atoms with Crippen LogP contribution in [0.15, 0.2) is 66.7 Å². The van der Waals surface area contributed by atoms with Gasteiger partial charge in [0.1, 0.15) is 0 Å². The summed E-state index contributed by atoms with van der Waals surface area (Å²) >= 11 is 0. The number of morpholine rings is 1. The molecule has 2 N–H and O–H groups in total. The third-order valence-corrected chi connectivity index (χ3v) is 7.99. The second-order valence-corrected chi connectivity index (χ2v) is 10.5. The quantitative estimate of drug-likeness (QED) is 0.407. The molecule has 0 aliphatic carbocycles. The lowest BCUT2D eigenvalue weighted by atomic mass is 9.87. The monoisotopic (exact) mass is 554 g/mol. The first-order chi connectivity index (χ1) is 20.0. The molecule has 0 radical (unpaired) electrons. The SMILES string of the molecule is CCOC(=O)c1ccc2c(c1)NC(=O)C2C(Nc1ccc2c(c1)CCN2C(=O)CN1CCOCC1)c1ccccc1. The maximum atomic E-state index is 13.4. The summed E-state index contributed by atoms with van der Waals surface area (Å²) in [5.41, 5.74) is 5.75. The molecule has 0 saturated carbocycles. The first kappa shape index (κ1) is 27.0. The zero-order chi connectivity index (χ0) is 28.3. The molecule has 41 heavy (non-hydrogen) atoms. The van der Waals surface area contributed by atoms with Crippen molar-refractivity contribution in [3.63, 3.8) is 0 Å². The Morgan fingerprint density at radius 1 is 1.05 bits per heavy atom. The summed E-state index contributed by atoms with van der Waals surface area (Å²) in [5, 5.41) is 6.60. The summed E-state index contributed by atoms with van der Waals surface area (Å²) in [6, 6.07) is 20.8. The molecule has 2 amide bonds. The van der Waals surface area contributed by atoms with Crippen molar-refractivity contribution in [3.8, 4) is 0 Å². The van der Waals surface area contributed by atoms with E-state index in [9.17, 15) is 14.4 Å². The summed E-state index contributed by atoms with van der Waals surface area (Å²) in [5.74, 6) is -0.955. The summed E-state index contributed by atoms with van der Waals surface area (Å²) in [6.07, 6.45) is 0.777. The van der Waals surface area contributed by atoms with Crippen LogP contribution in [0.3, 0.4) is 0 Å². The van der Waals surface area contributed by atoms with E-state index in [2.05, 4.69) is 21.6 Å². The minimum absolute atomic E-state index is 0.106. The van der Waals surface area contributed by atoms with Crippen LogP contribution >= 0.6 is 0 Å². The van der Waals surface area contributed by atoms with E-state index in [1.165, 1.54) is 0 Å². The number of carbonyl (C=O) groups is 3. The van der Waals surface area contributed by atoms with Gasteiger partial charge in [0, 0.05) is 36.7 Å². The Hall–Kier alpha value is -4.21. The molecular weight excluding hydrogens is 520 g/mol. The van der Waals surface area contributed by atoms with E-state index in [0.717, 1.165) is 47.6 Å². The molecule has 212 valence electrons. The highest BCUT2D eigenvalue weighted by atomic mass is 16.5. The number of esters is 1. The van der Waals surface area contributed by atoms with Crippen LogP contribution in [0.2, 0.25) is 0 Å². The molecule has 0 bridgehead atoms. The summed E-state index contributed by atoms with van der Waals surface area (Å²) in [4.78, 5) is 42.8. The minimum atomic E-state index is -0.511. The van der Waals surface area contributed by atoms with E-state index in [1.54, 1.807) is 19.1 Å². The zero-order valence-electron chi connectivity index (χ0n) is 23.1. The van der Waals surface area contributed by atoms with Crippen LogP contribution in [0.25, 0.3) is 0 Å². The predicted molar refractivity (Wildman–Crippen MR) is 156 cm³/mol. The molecular formula is C32H34N4O5. The molecule has 1 fully saturated rings. The van der Waals surface area contributed by atoms with E-state index < -0.39 is 11.9 Å². The third-order valence-electron chi connectivity index (χ3n) is 7.99. The van der Waals surface area contributed by atoms with Crippen LogP contribution in [0.1, 0.15) is 45.9 Å². The standard InChI is InChI=1S/C32H34N4O5/c1-2-41-32(39)23-8-10-25-26(19-23)34-31(38)29(25)30(21-6-4-3-5-7-21)33-24-9-11-27-22(18-24)12-13-36(27)28(37)20-35-14-16-40-17-15-35/h3-11,18-19,29-30,33H,2,12-17,20H2,1H3,(H,34,38). The molecule has 3 aliphatic rings. The average molecular weight is 555 g/mol. The summed E-state index contributed by atoms with van der Waals surface area (Å²) < 4.78 is 10.5. The fourth-order valence-electron chi connectivity index (χ4n) is 5.95. The molecule has 3 heterocycles. The van der Waals surface area contributed by atoms with Crippen LogP contribution in [0, 0.1) is 0 Å². The number of rotatable bonds is 8. The van der Waals surface area contributed by atoms with Gasteiger partial charge in [-0.2, -0.15) is 0 Å². The van der Waals surface area contributed by atoms with Crippen LogP contribution < -0.4 is 15.5 Å². The van der Waals surface area contributed by atoms with Gasteiger partial charge < -0.3 is 25.0 Å². The molecule has 6 rings (SSSR count). The van der Waals surface area contributed by atoms with Crippen molar-refractivity contribution in [1.82, 2.24) is 4.90 Å². The fraction of sp³-hybridized carbons (Fsp3) is 0.344. The Morgan fingerprint density at radius 3 is 2.63 bits per heavy atom. The van der Waals surface area contributed by atoms with Crippen molar-refractivity contribution in [3.05, 3.63) is 89.0 Å². The van der Waals surface area contributed by atoms with Crippen LogP contribution in [0.4, 0.5) is 17.1 Å².